The van der Waals surface area contributed by atoms with Gasteiger partial charge in [-0.25, -0.2) is 0 Å². The number of fused-ring (bicyclic) bond motifs is 1. The summed E-state index contributed by atoms with van der Waals surface area (Å²) in [6.45, 7) is 5.78. The number of nitrogens with one attached hydrogen (secondary N) is 1. The van der Waals surface area contributed by atoms with E-state index in [1.54, 1.807) is 0 Å². The molecule has 1 N–H and O–H groups in total. The molecule has 1 heterocycles. The molecule has 1 aromatic heterocycles. The number of nitrogens with zero attached hydrogens (tertiary/aromatic N) is 1. The largest absolute Gasteiger partial charge is 0.347 e. The average molecular weight is 397 g/mol. The molecule has 4 rings (SSSR count). The number of aryl methyl sites for hydroxylation is 2. The normalized spacial score (nSPS) is 12.2. The minimum absolute atomic E-state index is 0.119. The van der Waals surface area contributed by atoms with Crippen molar-refractivity contribution >= 4 is 16.7 Å². The van der Waals surface area contributed by atoms with Crippen LogP contribution in [0.3, 0.4) is 0 Å². The van der Waals surface area contributed by atoms with E-state index >= 15 is 0 Å². The van der Waals surface area contributed by atoms with Gasteiger partial charge in [0.15, 0.2) is 5.78 Å². The lowest BCUT2D eigenvalue weighted by atomic mass is 9.96. The predicted octanol–water partition coefficient (Wildman–Crippen LogP) is 5.73. The van der Waals surface area contributed by atoms with Gasteiger partial charge in [0, 0.05) is 35.8 Å². The molecule has 0 radical (unpaired) electrons. The monoisotopic (exact) mass is 396 g/mol. The van der Waals surface area contributed by atoms with Gasteiger partial charge in [-0.1, -0.05) is 78.4 Å². The highest BCUT2D eigenvalue weighted by molar-refractivity contribution is 6.10. The molecule has 3 aromatic carbocycles. The van der Waals surface area contributed by atoms with E-state index in [0.717, 1.165) is 41.5 Å². The summed E-state index contributed by atoms with van der Waals surface area (Å²) in [5.74, 6) is 0.119. The fourth-order valence-electron chi connectivity index (χ4n) is 3.98. The third-order valence-electron chi connectivity index (χ3n) is 5.67. The van der Waals surface area contributed by atoms with E-state index in [9.17, 15) is 4.79 Å². The molecule has 1 atom stereocenters. The lowest BCUT2D eigenvalue weighted by Gasteiger charge is -2.18. The Morgan fingerprint density at radius 3 is 2.37 bits per heavy atom. The summed E-state index contributed by atoms with van der Waals surface area (Å²) in [4.78, 5) is 13.7. The van der Waals surface area contributed by atoms with Crippen LogP contribution in [0.15, 0.2) is 85.1 Å². The number of rotatable bonds is 8. The Hall–Kier alpha value is -3.17. The Bertz CT molecular complexity index is 1130. The zero-order valence-corrected chi connectivity index (χ0v) is 17.6. The van der Waals surface area contributed by atoms with E-state index in [-0.39, 0.29) is 11.8 Å². The Kier molecular flexibility index (Phi) is 6.10. The van der Waals surface area contributed by atoms with Gasteiger partial charge in [-0.05, 0) is 37.5 Å². The zero-order chi connectivity index (χ0) is 20.9. The Morgan fingerprint density at radius 1 is 0.933 bits per heavy atom. The maximum absolute atomic E-state index is 13.7. The van der Waals surface area contributed by atoms with Crippen molar-refractivity contribution in [3.63, 3.8) is 0 Å². The summed E-state index contributed by atoms with van der Waals surface area (Å²) in [5.41, 5.74) is 5.42. The summed E-state index contributed by atoms with van der Waals surface area (Å²) in [6.07, 6.45) is 2.89. The number of hydrogen-bond donors (Lipinski definition) is 1. The molecule has 0 aliphatic heterocycles. The fraction of sp³-hybridized carbons (Fsp3) is 0.222. The van der Waals surface area contributed by atoms with E-state index in [0.29, 0.717) is 0 Å². The average Bonchev–Trinajstić information content (AvgIpc) is 3.17. The molecule has 0 aliphatic rings. The molecule has 0 amide bonds. The SMILES string of the molecule is CCn1cc(C(=O)[C@H](NCCc2ccc(C)cc2)c2ccccc2)c2ccccc21. The number of ketones is 1. The van der Waals surface area contributed by atoms with Gasteiger partial charge in [-0.2, -0.15) is 0 Å². The van der Waals surface area contributed by atoms with E-state index in [1.165, 1.54) is 11.1 Å². The van der Waals surface area contributed by atoms with Crippen LogP contribution in [-0.4, -0.2) is 16.9 Å². The number of hydrogen-bond acceptors (Lipinski definition) is 2. The molecule has 0 unspecified atom stereocenters. The number of carbonyl (C=O) groups is 1. The van der Waals surface area contributed by atoms with Crippen LogP contribution in [0.2, 0.25) is 0 Å². The van der Waals surface area contributed by atoms with Gasteiger partial charge in [-0.3, -0.25) is 4.79 Å². The summed E-state index contributed by atoms with van der Waals surface area (Å²) < 4.78 is 2.15. The maximum Gasteiger partial charge on any atom is 0.186 e. The second kappa shape index (κ2) is 9.10. The van der Waals surface area contributed by atoms with Crippen molar-refractivity contribution in [1.29, 1.82) is 0 Å². The van der Waals surface area contributed by atoms with Crippen molar-refractivity contribution in [2.75, 3.05) is 6.54 Å². The topological polar surface area (TPSA) is 34.0 Å². The van der Waals surface area contributed by atoms with Crippen molar-refractivity contribution in [2.45, 2.75) is 32.9 Å². The van der Waals surface area contributed by atoms with Gasteiger partial charge in [0.25, 0.3) is 0 Å². The second-order valence-corrected chi connectivity index (χ2v) is 7.74. The lowest BCUT2D eigenvalue weighted by molar-refractivity contribution is 0.0944. The fourth-order valence-corrected chi connectivity index (χ4v) is 3.98. The van der Waals surface area contributed by atoms with Crippen LogP contribution in [0, 0.1) is 6.92 Å². The first-order valence-corrected chi connectivity index (χ1v) is 10.6. The first-order chi connectivity index (χ1) is 14.7. The molecule has 0 aliphatic carbocycles. The third kappa shape index (κ3) is 4.22. The molecular weight excluding hydrogens is 368 g/mol. The van der Waals surface area contributed by atoms with Crippen molar-refractivity contribution in [2.24, 2.45) is 0 Å². The summed E-state index contributed by atoms with van der Waals surface area (Å²) >= 11 is 0. The maximum atomic E-state index is 13.7. The molecule has 0 saturated carbocycles. The Morgan fingerprint density at radius 2 is 1.63 bits per heavy atom. The van der Waals surface area contributed by atoms with Gasteiger partial charge in [0.2, 0.25) is 0 Å². The van der Waals surface area contributed by atoms with E-state index in [1.807, 2.05) is 54.7 Å². The molecule has 30 heavy (non-hydrogen) atoms. The number of aromatic nitrogens is 1. The minimum Gasteiger partial charge on any atom is -0.347 e. The van der Waals surface area contributed by atoms with Crippen LogP contribution < -0.4 is 5.32 Å². The summed E-state index contributed by atoms with van der Waals surface area (Å²) in [7, 11) is 0. The highest BCUT2D eigenvalue weighted by Crippen LogP contribution is 2.27. The Labute approximate surface area is 178 Å². The molecule has 152 valence electrons. The number of para-hydroxylation sites is 1. The number of benzene rings is 3. The molecule has 3 heteroatoms. The van der Waals surface area contributed by atoms with Gasteiger partial charge in [0.1, 0.15) is 0 Å². The molecule has 4 aromatic rings. The molecule has 0 fully saturated rings. The van der Waals surface area contributed by atoms with Crippen molar-refractivity contribution in [3.8, 4) is 0 Å². The third-order valence-corrected chi connectivity index (χ3v) is 5.67. The summed E-state index contributed by atoms with van der Waals surface area (Å²) in [5, 5.41) is 4.55. The Balaban J connectivity index is 1.61. The van der Waals surface area contributed by atoms with Crippen LogP contribution in [0.5, 0.6) is 0 Å². The molecule has 0 spiro atoms. The standard InChI is InChI=1S/C27H28N2O/c1-3-29-19-24(23-11-7-8-12-25(23)29)27(30)26(22-9-5-4-6-10-22)28-18-17-21-15-13-20(2)14-16-21/h4-16,19,26,28H,3,17-18H2,1-2H3/t26-/m1/s1. The van der Waals surface area contributed by atoms with Gasteiger partial charge in [0.05, 0.1) is 6.04 Å². The van der Waals surface area contributed by atoms with E-state index in [2.05, 4.69) is 54.1 Å². The van der Waals surface area contributed by atoms with Crippen molar-refractivity contribution in [1.82, 2.24) is 9.88 Å². The molecule has 0 saturated heterocycles. The highest BCUT2D eigenvalue weighted by atomic mass is 16.1. The second-order valence-electron chi connectivity index (χ2n) is 7.74. The van der Waals surface area contributed by atoms with Crippen LogP contribution in [0.4, 0.5) is 0 Å². The van der Waals surface area contributed by atoms with Gasteiger partial charge in [-0.15, -0.1) is 0 Å². The van der Waals surface area contributed by atoms with E-state index in [4.69, 9.17) is 0 Å². The predicted molar refractivity (Wildman–Crippen MR) is 124 cm³/mol. The number of carbonyl (C=O) groups excluding carboxylic acids is 1. The van der Waals surface area contributed by atoms with Crippen LogP contribution in [-0.2, 0) is 13.0 Å². The first-order valence-electron chi connectivity index (χ1n) is 10.6. The number of Topliss-reactive ketones (excluding diaryl/α,β-unsaturated/α-hetero) is 1. The van der Waals surface area contributed by atoms with Crippen molar-refractivity contribution < 1.29 is 4.79 Å². The minimum atomic E-state index is -0.368. The molecule has 3 nitrogen and oxygen atoms in total. The summed E-state index contributed by atoms with van der Waals surface area (Å²) in [6, 6.07) is 26.4. The van der Waals surface area contributed by atoms with Crippen LogP contribution in [0.1, 0.15) is 40.0 Å². The van der Waals surface area contributed by atoms with Gasteiger partial charge < -0.3 is 9.88 Å². The smallest absolute Gasteiger partial charge is 0.186 e. The quantitative estimate of drug-likeness (QED) is 0.386. The molecule has 0 bridgehead atoms. The van der Waals surface area contributed by atoms with Gasteiger partial charge >= 0.3 is 0 Å². The van der Waals surface area contributed by atoms with Crippen molar-refractivity contribution in [3.05, 3.63) is 107 Å². The zero-order valence-electron chi connectivity index (χ0n) is 17.6. The van der Waals surface area contributed by atoms with Crippen LogP contribution >= 0.6 is 0 Å². The van der Waals surface area contributed by atoms with Crippen LogP contribution in [0.25, 0.3) is 10.9 Å². The first kappa shape index (κ1) is 20.1. The lowest BCUT2D eigenvalue weighted by Crippen LogP contribution is -2.30. The van der Waals surface area contributed by atoms with E-state index < -0.39 is 0 Å². The molecular formula is C27H28N2O. The highest BCUT2D eigenvalue weighted by Gasteiger charge is 2.24.